The maximum Gasteiger partial charge on any atom is 0.253 e. The number of aromatic nitrogens is 1. The van der Waals surface area contributed by atoms with Gasteiger partial charge in [0.05, 0.1) is 23.2 Å². The van der Waals surface area contributed by atoms with E-state index in [1.165, 1.54) is 6.20 Å². The molecule has 8 heteroatoms. The van der Waals surface area contributed by atoms with Crippen LogP contribution in [0.1, 0.15) is 16.8 Å². The first-order chi connectivity index (χ1) is 8.44. The number of hydrogen-bond donors (Lipinski definition) is 3. The summed E-state index contributed by atoms with van der Waals surface area (Å²) in [6, 6.07) is 1.58. The molecule has 1 amide bonds. The minimum absolute atomic E-state index is 0.150. The summed E-state index contributed by atoms with van der Waals surface area (Å²) in [6.45, 7) is 0.251. The Morgan fingerprint density at radius 1 is 1.50 bits per heavy atom. The molecule has 18 heavy (non-hydrogen) atoms. The van der Waals surface area contributed by atoms with Crippen LogP contribution >= 0.6 is 0 Å². The Balaban J connectivity index is 2.51. The molecule has 0 aliphatic carbocycles. The van der Waals surface area contributed by atoms with Crippen molar-refractivity contribution in [3.05, 3.63) is 24.0 Å². The molecule has 1 heterocycles. The third-order valence-electron chi connectivity index (χ3n) is 2.23. The highest BCUT2D eigenvalue weighted by Crippen LogP contribution is 2.11. The number of pyridine rings is 1. The lowest BCUT2D eigenvalue weighted by Crippen LogP contribution is -2.27. The van der Waals surface area contributed by atoms with Gasteiger partial charge in [0.15, 0.2) is 0 Å². The molecule has 0 aliphatic heterocycles. The van der Waals surface area contributed by atoms with Crippen molar-refractivity contribution in [3.8, 4) is 0 Å². The van der Waals surface area contributed by atoms with E-state index in [-0.39, 0.29) is 24.6 Å². The van der Waals surface area contributed by atoms with Crippen LogP contribution in [0.2, 0.25) is 0 Å². The average Bonchev–Trinajstić information content (AvgIpc) is 2.33. The zero-order valence-electron chi connectivity index (χ0n) is 10.0. The largest absolute Gasteiger partial charge is 0.386 e. The molecule has 0 unspecified atom stereocenters. The molecule has 1 aromatic heterocycles. The maximum atomic E-state index is 11.8. The van der Waals surface area contributed by atoms with E-state index < -0.39 is 10.0 Å². The van der Waals surface area contributed by atoms with Crippen LogP contribution in [-0.4, -0.2) is 38.7 Å². The molecule has 1 rings (SSSR count). The molecule has 7 nitrogen and oxygen atoms in total. The van der Waals surface area contributed by atoms with Gasteiger partial charge in [-0.2, -0.15) is 0 Å². The van der Waals surface area contributed by atoms with E-state index in [9.17, 15) is 13.2 Å². The van der Waals surface area contributed by atoms with Gasteiger partial charge in [0, 0.05) is 19.8 Å². The summed E-state index contributed by atoms with van der Waals surface area (Å²) in [5, 5.41) is 10.3. The number of nitrogens with one attached hydrogen (secondary N) is 2. The molecule has 1 aromatic rings. The number of nitrogens with two attached hydrogens (primary N) is 1. The second-order valence-corrected chi connectivity index (χ2v) is 5.38. The smallest absolute Gasteiger partial charge is 0.253 e. The van der Waals surface area contributed by atoms with E-state index in [1.807, 2.05) is 0 Å². The van der Waals surface area contributed by atoms with Crippen molar-refractivity contribution >= 4 is 21.6 Å². The highest BCUT2D eigenvalue weighted by atomic mass is 32.2. The first-order valence-electron chi connectivity index (χ1n) is 5.34. The Hall–Kier alpha value is -1.67. The third-order valence-corrected chi connectivity index (χ3v) is 3.08. The lowest BCUT2D eigenvalue weighted by molar-refractivity contribution is 0.0954. The molecule has 0 saturated heterocycles. The molecular weight excluding hydrogens is 256 g/mol. The van der Waals surface area contributed by atoms with Gasteiger partial charge >= 0.3 is 0 Å². The number of carbonyl (C=O) groups is 1. The van der Waals surface area contributed by atoms with Gasteiger partial charge in [-0.25, -0.2) is 13.6 Å². The molecule has 0 aliphatic rings. The summed E-state index contributed by atoms with van der Waals surface area (Å²) in [5.74, 6) is -0.432. The fraction of sp³-hybridized carbons (Fsp3) is 0.400. The van der Waals surface area contributed by atoms with E-state index in [4.69, 9.17) is 5.14 Å². The van der Waals surface area contributed by atoms with Crippen LogP contribution in [0.5, 0.6) is 0 Å². The van der Waals surface area contributed by atoms with Crippen LogP contribution in [-0.2, 0) is 10.0 Å². The third kappa shape index (κ3) is 4.68. The van der Waals surface area contributed by atoms with Crippen LogP contribution in [0, 0.1) is 0 Å². The second kappa shape index (κ2) is 6.31. The lowest BCUT2D eigenvalue weighted by atomic mass is 10.2. The van der Waals surface area contributed by atoms with Crippen LogP contribution in [0.4, 0.5) is 5.69 Å². The molecule has 100 valence electrons. The van der Waals surface area contributed by atoms with Crippen molar-refractivity contribution in [2.45, 2.75) is 6.42 Å². The van der Waals surface area contributed by atoms with Crippen molar-refractivity contribution < 1.29 is 13.2 Å². The molecule has 0 aromatic carbocycles. The summed E-state index contributed by atoms with van der Waals surface area (Å²) >= 11 is 0. The van der Waals surface area contributed by atoms with Gasteiger partial charge < -0.3 is 10.6 Å². The van der Waals surface area contributed by atoms with E-state index in [0.717, 1.165) is 0 Å². The summed E-state index contributed by atoms with van der Waals surface area (Å²) in [5.41, 5.74) is 1.07. The monoisotopic (exact) mass is 272 g/mol. The standard InChI is InChI=1S/C10H16N4O3S/c1-12-9-7-13-5-3-8(9)10(15)14-4-2-6-18(11,16)17/h3,5,7,12H,2,4,6H2,1H3,(H,14,15)(H2,11,16,17). The van der Waals surface area contributed by atoms with E-state index >= 15 is 0 Å². The van der Waals surface area contributed by atoms with Crippen LogP contribution in [0.15, 0.2) is 18.5 Å². The number of sulfonamides is 1. The second-order valence-electron chi connectivity index (χ2n) is 3.65. The summed E-state index contributed by atoms with van der Waals surface area (Å²) in [4.78, 5) is 15.7. The number of rotatable bonds is 6. The van der Waals surface area contributed by atoms with E-state index in [2.05, 4.69) is 15.6 Å². The van der Waals surface area contributed by atoms with Crippen LogP contribution in [0.25, 0.3) is 0 Å². The Labute approximate surface area is 106 Å². The number of hydrogen-bond acceptors (Lipinski definition) is 5. The molecule has 0 bridgehead atoms. The molecular formula is C10H16N4O3S. The fourth-order valence-electron chi connectivity index (χ4n) is 1.36. The van der Waals surface area contributed by atoms with E-state index in [0.29, 0.717) is 11.3 Å². The van der Waals surface area contributed by atoms with Crippen LogP contribution < -0.4 is 15.8 Å². The first kappa shape index (κ1) is 14.4. The number of primary sulfonamides is 1. The molecule has 0 atom stereocenters. The van der Waals surface area contributed by atoms with Gasteiger partial charge in [0.2, 0.25) is 10.0 Å². The molecule has 4 N–H and O–H groups in total. The SMILES string of the molecule is CNc1cnccc1C(=O)NCCCS(N)(=O)=O. The Morgan fingerprint density at radius 3 is 2.83 bits per heavy atom. The molecule has 0 spiro atoms. The van der Waals surface area contributed by atoms with Crippen molar-refractivity contribution in [3.63, 3.8) is 0 Å². The van der Waals surface area contributed by atoms with Gasteiger partial charge in [0.25, 0.3) is 5.91 Å². The Morgan fingerprint density at radius 2 is 2.22 bits per heavy atom. The van der Waals surface area contributed by atoms with Crippen molar-refractivity contribution in [2.24, 2.45) is 5.14 Å². The van der Waals surface area contributed by atoms with Crippen molar-refractivity contribution in [1.82, 2.24) is 10.3 Å². The Kier molecular flexibility index (Phi) is 5.05. The highest BCUT2D eigenvalue weighted by Gasteiger charge is 2.10. The van der Waals surface area contributed by atoms with Gasteiger partial charge in [-0.05, 0) is 12.5 Å². The minimum atomic E-state index is -3.47. The van der Waals surface area contributed by atoms with Crippen molar-refractivity contribution in [1.29, 1.82) is 0 Å². The normalized spacial score (nSPS) is 11.0. The van der Waals surface area contributed by atoms with Crippen LogP contribution in [0.3, 0.4) is 0 Å². The molecule has 0 radical (unpaired) electrons. The zero-order valence-corrected chi connectivity index (χ0v) is 10.8. The first-order valence-corrected chi connectivity index (χ1v) is 7.06. The lowest BCUT2D eigenvalue weighted by Gasteiger charge is -2.08. The summed E-state index contributed by atoms with van der Waals surface area (Å²) < 4.78 is 21.4. The van der Waals surface area contributed by atoms with Crippen molar-refractivity contribution in [2.75, 3.05) is 24.7 Å². The zero-order chi connectivity index (χ0) is 13.6. The van der Waals surface area contributed by atoms with Gasteiger partial charge in [-0.1, -0.05) is 0 Å². The number of nitrogens with zero attached hydrogens (tertiary/aromatic N) is 1. The quantitative estimate of drug-likeness (QED) is 0.606. The van der Waals surface area contributed by atoms with E-state index in [1.54, 1.807) is 19.3 Å². The topological polar surface area (TPSA) is 114 Å². The Bertz CT molecular complexity index is 516. The summed E-state index contributed by atoms with van der Waals surface area (Å²) in [6.07, 6.45) is 3.34. The average molecular weight is 272 g/mol. The molecule has 0 saturated carbocycles. The molecule has 0 fully saturated rings. The highest BCUT2D eigenvalue weighted by molar-refractivity contribution is 7.89. The number of amides is 1. The number of anilines is 1. The predicted molar refractivity (Wildman–Crippen MR) is 68.7 cm³/mol. The van der Waals surface area contributed by atoms with Gasteiger partial charge in [0.1, 0.15) is 0 Å². The number of carbonyl (C=O) groups excluding carboxylic acids is 1. The van der Waals surface area contributed by atoms with Gasteiger partial charge in [-0.3, -0.25) is 9.78 Å². The summed E-state index contributed by atoms with van der Waals surface area (Å²) in [7, 11) is -1.78. The van der Waals surface area contributed by atoms with Gasteiger partial charge in [-0.15, -0.1) is 0 Å². The fourth-order valence-corrected chi connectivity index (χ4v) is 1.91. The minimum Gasteiger partial charge on any atom is -0.386 e. The maximum absolute atomic E-state index is 11.8. The predicted octanol–water partition coefficient (Wildman–Crippen LogP) is -0.468.